The minimum Gasteiger partial charge on any atom is -0.479 e. The summed E-state index contributed by atoms with van der Waals surface area (Å²) < 4.78 is 7.05. The van der Waals surface area contributed by atoms with Crippen LogP contribution in [0.4, 0.5) is 5.69 Å². The number of aryl methyl sites for hydroxylation is 2. The molecule has 0 unspecified atom stereocenters. The molecule has 2 aromatic rings. The molecule has 1 heterocycles. The minimum absolute atomic E-state index is 0.0169. The number of anilines is 1. The monoisotopic (exact) mass is 312 g/mol. The van der Waals surface area contributed by atoms with Crippen molar-refractivity contribution in [2.45, 2.75) is 26.7 Å². The van der Waals surface area contributed by atoms with E-state index in [1.165, 1.54) is 0 Å². The Kier molecular flexibility index (Phi) is 5.36. The summed E-state index contributed by atoms with van der Waals surface area (Å²) in [5, 5.41) is 15.7. The van der Waals surface area contributed by atoms with Crippen LogP contribution in [-0.4, -0.2) is 22.3 Å². The molecule has 0 atom stereocenters. The maximum absolute atomic E-state index is 12.1. The van der Waals surface area contributed by atoms with Crippen molar-refractivity contribution in [3.8, 4) is 11.8 Å². The summed E-state index contributed by atoms with van der Waals surface area (Å²) in [7, 11) is 1.90. The molecule has 1 N–H and O–H groups in total. The van der Waals surface area contributed by atoms with Gasteiger partial charge in [0.1, 0.15) is 11.8 Å². The quantitative estimate of drug-likeness (QED) is 0.888. The number of nitrogens with zero attached hydrogens (tertiary/aromatic N) is 3. The lowest BCUT2D eigenvalue weighted by Crippen LogP contribution is -2.12. The first-order valence-corrected chi connectivity index (χ1v) is 7.40. The first-order chi connectivity index (χ1) is 11.0. The lowest BCUT2D eigenvalue weighted by Gasteiger charge is -2.08. The standard InChI is InChI=1S/C17H20N4O2/c1-12-16(13(2)21(3)20-12)7-8-17(22)19-14-5-4-6-15(11-14)23-10-9-18/h4-6,11H,7-8,10H2,1-3H3,(H,19,22). The number of nitriles is 1. The van der Waals surface area contributed by atoms with E-state index in [-0.39, 0.29) is 12.5 Å². The fraction of sp³-hybridized carbons (Fsp3) is 0.353. The zero-order valence-corrected chi connectivity index (χ0v) is 13.6. The Morgan fingerprint density at radius 2 is 2.22 bits per heavy atom. The maximum Gasteiger partial charge on any atom is 0.224 e. The highest BCUT2D eigenvalue weighted by atomic mass is 16.5. The Labute approximate surface area is 135 Å². The van der Waals surface area contributed by atoms with Gasteiger partial charge in [-0.2, -0.15) is 10.4 Å². The van der Waals surface area contributed by atoms with Gasteiger partial charge in [0.15, 0.2) is 6.61 Å². The molecule has 0 aliphatic heterocycles. The average Bonchev–Trinajstić information content (AvgIpc) is 2.76. The Morgan fingerprint density at radius 3 is 2.87 bits per heavy atom. The van der Waals surface area contributed by atoms with Crippen molar-refractivity contribution in [3.05, 3.63) is 41.2 Å². The Hall–Kier alpha value is -2.81. The predicted octanol–water partition coefficient (Wildman–Crippen LogP) is 2.51. The molecule has 1 amide bonds. The van der Waals surface area contributed by atoms with E-state index in [0.29, 0.717) is 24.3 Å². The number of hydrogen-bond donors (Lipinski definition) is 1. The molecule has 0 spiro atoms. The summed E-state index contributed by atoms with van der Waals surface area (Å²) in [6, 6.07) is 8.92. The molecular weight excluding hydrogens is 292 g/mol. The first-order valence-electron chi connectivity index (χ1n) is 7.40. The van der Waals surface area contributed by atoms with Gasteiger partial charge in [0.25, 0.3) is 0 Å². The van der Waals surface area contributed by atoms with Crippen molar-refractivity contribution >= 4 is 11.6 Å². The molecule has 0 aliphatic rings. The van der Waals surface area contributed by atoms with Gasteiger partial charge in [-0.25, -0.2) is 0 Å². The Balaban J connectivity index is 1.93. The average molecular weight is 312 g/mol. The van der Waals surface area contributed by atoms with Crippen LogP contribution in [-0.2, 0) is 18.3 Å². The lowest BCUT2D eigenvalue weighted by molar-refractivity contribution is -0.116. The van der Waals surface area contributed by atoms with Crippen LogP contribution < -0.4 is 10.1 Å². The zero-order valence-electron chi connectivity index (χ0n) is 13.6. The van der Waals surface area contributed by atoms with E-state index in [9.17, 15) is 4.79 Å². The van der Waals surface area contributed by atoms with Crippen molar-refractivity contribution < 1.29 is 9.53 Å². The van der Waals surface area contributed by atoms with Crippen LogP contribution >= 0.6 is 0 Å². The molecule has 23 heavy (non-hydrogen) atoms. The molecule has 6 nitrogen and oxygen atoms in total. The topological polar surface area (TPSA) is 79.9 Å². The summed E-state index contributed by atoms with van der Waals surface area (Å²) in [5.41, 5.74) is 3.82. The van der Waals surface area contributed by atoms with E-state index in [2.05, 4.69) is 10.4 Å². The van der Waals surface area contributed by atoms with E-state index >= 15 is 0 Å². The van der Waals surface area contributed by atoms with Gasteiger partial charge in [0.05, 0.1) is 5.69 Å². The van der Waals surface area contributed by atoms with E-state index in [1.807, 2.05) is 31.6 Å². The van der Waals surface area contributed by atoms with Gasteiger partial charge in [-0.1, -0.05) is 6.07 Å². The number of rotatable bonds is 6. The van der Waals surface area contributed by atoms with E-state index in [0.717, 1.165) is 17.0 Å². The molecule has 1 aromatic heterocycles. The summed E-state index contributed by atoms with van der Waals surface area (Å²) in [4.78, 5) is 12.1. The molecule has 0 saturated carbocycles. The molecule has 6 heteroatoms. The third-order valence-corrected chi connectivity index (χ3v) is 3.68. The fourth-order valence-corrected chi connectivity index (χ4v) is 2.42. The van der Waals surface area contributed by atoms with Gasteiger partial charge in [-0.05, 0) is 38.0 Å². The van der Waals surface area contributed by atoms with Gasteiger partial charge in [0.2, 0.25) is 5.91 Å². The third-order valence-electron chi connectivity index (χ3n) is 3.68. The van der Waals surface area contributed by atoms with Gasteiger partial charge < -0.3 is 10.1 Å². The second-order valence-corrected chi connectivity index (χ2v) is 5.30. The lowest BCUT2D eigenvalue weighted by atomic mass is 10.1. The number of ether oxygens (including phenoxy) is 1. The highest BCUT2D eigenvalue weighted by Gasteiger charge is 2.11. The van der Waals surface area contributed by atoms with E-state index in [1.54, 1.807) is 24.3 Å². The van der Waals surface area contributed by atoms with Crippen molar-refractivity contribution in [2.24, 2.45) is 7.05 Å². The molecular formula is C17H20N4O2. The molecule has 120 valence electrons. The molecule has 0 bridgehead atoms. The van der Waals surface area contributed by atoms with Gasteiger partial charge in [0, 0.05) is 30.9 Å². The fourth-order valence-electron chi connectivity index (χ4n) is 2.42. The first kappa shape index (κ1) is 16.6. The molecule has 0 radical (unpaired) electrons. The van der Waals surface area contributed by atoms with Crippen molar-refractivity contribution in [1.82, 2.24) is 9.78 Å². The van der Waals surface area contributed by atoms with Gasteiger partial charge in [-0.15, -0.1) is 0 Å². The van der Waals surface area contributed by atoms with Crippen LogP contribution in [0.25, 0.3) is 0 Å². The molecule has 1 aromatic carbocycles. The summed E-state index contributed by atoms with van der Waals surface area (Å²) >= 11 is 0. The summed E-state index contributed by atoms with van der Waals surface area (Å²) in [5.74, 6) is 0.494. The number of amides is 1. The number of carbonyl (C=O) groups excluding carboxylic acids is 1. The van der Waals surface area contributed by atoms with E-state index < -0.39 is 0 Å². The molecule has 2 rings (SSSR count). The van der Waals surface area contributed by atoms with Gasteiger partial charge >= 0.3 is 0 Å². The van der Waals surface area contributed by atoms with Crippen LogP contribution in [0, 0.1) is 25.2 Å². The van der Waals surface area contributed by atoms with Crippen molar-refractivity contribution in [1.29, 1.82) is 5.26 Å². The number of aromatic nitrogens is 2. The normalized spacial score (nSPS) is 10.2. The SMILES string of the molecule is Cc1nn(C)c(C)c1CCC(=O)Nc1cccc(OCC#N)c1. The van der Waals surface area contributed by atoms with Crippen molar-refractivity contribution in [2.75, 3.05) is 11.9 Å². The van der Waals surface area contributed by atoms with Crippen molar-refractivity contribution in [3.63, 3.8) is 0 Å². The minimum atomic E-state index is -0.0647. The van der Waals surface area contributed by atoms with Crippen LogP contribution in [0.2, 0.25) is 0 Å². The largest absolute Gasteiger partial charge is 0.479 e. The predicted molar refractivity (Wildman–Crippen MR) is 87.2 cm³/mol. The summed E-state index contributed by atoms with van der Waals surface area (Å²) in [6.07, 6.45) is 1.04. The molecule has 0 fully saturated rings. The second-order valence-electron chi connectivity index (χ2n) is 5.30. The highest BCUT2D eigenvalue weighted by Crippen LogP contribution is 2.18. The molecule has 0 saturated heterocycles. The zero-order chi connectivity index (χ0) is 16.8. The molecule has 0 aliphatic carbocycles. The summed E-state index contributed by atoms with van der Waals surface area (Å²) in [6.45, 7) is 3.94. The van der Waals surface area contributed by atoms with Crippen LogP contribution in [0.3, 0.4) is 0 Å². The highest BCUT2D eigenvalue weighted by molar-refractivity contribution is 5.91. The maximum atomic E-state index is 12.1. The number of hydrogen-bond acceptors (Lipinski definition) is 4. The van der Waals surface area contributed by atoms with Crippen LogP contribution in [0.15, 0.2) is 24.3 Å². The third kappa shape index (κ3) is 4.33. The number of carbonyl (C=O) groups is 1. The van der Waals surface area contributed by atoms with Gasteiger partial charge in [-0.3, -0.25) is 9.48 Å². The second kappa shape index (κ2) is 7.45. The van der Waals surface area contributed by atoms with Crippen LogP contribution in [0.1, 0.15) is 23.4 Å². The smallest absolute Gasteiger partial charge is 0.224 e. The van der Waals surface area contributed by atoms with Crippen LogP contribution in [0.5, 0.6) is 5.75 Å². The van der Waals surface area contributed by atoms with E-state index in [4.69, 9.17) is 10.00 Å². The Morgan fingerprint density at radius 1 is 1.43 bits per heavy atom. The number of benzene rings is 1. The number of nitrogens with one attached hydrogen (secondary N) is 1. The Bertz CT molecular complexity index is 744.